The fraction of sp³-hybridized carbons (Fsp3) is 1.00. The van der Waals surface area contributed by atoms with E-state index in [1.54, 1.807) is 0 Å². The topological polar surface area (TPSA) is 35.5 Å². The van der Waals surface area contributed by atoms with Gasteiger partial charge in [0.05, 0.1) is 6.10 Å². The predicted molar refractivity (Wildman–Crippen MR) is 54.8 cm³/mol. The summed E-state index contributed by atoms with van der Waals surface area (Å²) >= 11 is 0. The summed E-state index contributed by atoms with van der Waals surface area (Å²) in [7, 11) is 4.07. The van der Waals surface area contributed by atoms with Crippen molar-refractivity contribution in [2.45, 2.75) is 37.8 Å². The third-order valence-electron chi connectivity index (χ3n) is 2.97. The number of hydrogen-bond acceptors (Lipinski definition) is 3. The van der Waals surface area contributed by atoms with Crippen LogP contribution in [0.2, 0.25) is 0 Å². The van der Waals surface area contributed by atoms with E-state index in [0.717, 1.165) is 25.9 Å². The zero-order valence-corrected chi connectivity index (χ0v) is 8.79. The van der Waals surface area contributed by atoms with Gasteiger partial charge in [-0.25, -0.2) is 0 Å². The lowest BCUT2D eigenvalue weighted by atomic mass is 9.92. The van der Waals surface area contributed by atoms with Crippen LogP contribution in [-0.2, 0) is 0 Å². The maximum atomic E-state index is 9.78. The Hall–Kier alpha value is -0.120. The van der Waals surface area contributed by atoms with E-state index in [1.165, 1.54) is 12.8 Å². The molecule has 13 heavy (non-hydrogen) atoms. The summed E-state index contributed by atoms with van der Waals surface area (Å²) < 4.78 is 0. The van der Waals surface area contributed by atoms with E-state index in [9.17, 15) is 5.11 Å². The van der Waals surface area contributed by atoms with Gasteiger partial charge in [0.2, 0.25) is 0 Å². The lowest BCUT2D eigenvalue weighted by Gasteiger charge is -2.35. The van der Waals surface area contributed by atoms with Crippen molar-refractivity contribution >= 4 is 0 Å². The molecule has 0 heterocycles. The highest BCUT2D eigenvalue weighted by Gasteiger charge is 2.25. The van der Waals surface area contributed by atoms with E-state index in [2.05, 4.69) is 17.3 Å². The molecule has 3 nitrogen and oxygen atoms in total. The van der Waals surface area contributed by atoms with Gasteiger partial charge in [0.1, 0.15) is 0 Å². The third-order valence-corrected chi connectivity index (χ3v) is 2.97. The van der Waals surface area contributed by atoms with Crippen molar-refractivity contribution in [3.8, 4) is 0 Å². The molecule has 0 aliphatic heterocycles. The van der Waals surface area contributed by atoms with E-state index in [1.807, 2.05) is 7.05 Å². The minimum Gasteiger partial charge on any atom is -0.391 e. The summed E-state index contributed by atoms with van der Waals surface area (Å²) in [5, 5.41) is 12.9. The maximum absolute atomic E-state index is 9.78. The Balaban J connectivity index is 2.30. The van der Waals surface area contributed by atoms with Crippen molar-refractivity contribution in [3.63, 3.8) is 0 Å². The van der Waals surface area contributed by atoms with Crippen LogP contribution in [0.3, 0.4) is 0 Å². The molecule has 0 bridgehead atoms. The largest absolute Gasteiger partial charge is 0.391 e. The predicted octanol–water partition coefficient (Wildman–Crippen LogP) is 0.441. The highest BCUT2D eigenvalue weighted by Crippen LogP contribution is 2.21. The molecular formula is C10H22N2O. The first-order valence-electron chi connectivity index (χ1n) is 5.28. The normalized spacial score (nSPS) is 29.5. The molecule has 1 rings (SSSR count). The number of aliphatic hydroxyl groups excluding tert-OH is 1. The van der Waals surface area contributed by atoms with Gasteiger partial charge in [-0.15, -0.1) is 0 Å². The smallest absolute Gasteiger partial charge is 0.0695 e. The lowest BCUT2D eigenvalue weighted by Crippen LogP contribution is -2.45. The SMILES string of the molecule is CNCCN(C)C1CCCCC1O. The average molecular weight is 186 g/mol. The number of nitrogens with zero attached hydrogens (tertiary/aromatic N) is 1. The van der Waals surface area contributed by atoms with Crippen LogP contribution in [0.1, 0.15) is 25.7 Å². The van der Waals surface area contributed by atoms with Crippen LogP contribution < -0.4 is 5.32 Å². The molecule has 0 aromatic heterocycles. The highest BCUT2D eigenvalue weighted by molar-refractivity contribution is 4.81. The first-order valence-corrected chi connectivity index (χ1v) is 5.28. The van der Waals surface area contributed by atoms with Crippen LogP contribution in [0.5, 0.6) is 0 Å². The van der Waals surface area contributed by atoms with Crippen LogP contribution in [0.25, 0.3) is 0 Å². The fourth-order valence-corrected chi connectivity index (χ4v) is 2.06. The molecule has 2 unspecified atom stereocenters. The maximum Gasteiger partial charge on any atom is 0.0695 e. The summed E-state index contributed by atoms with van der Waals surface area (Å²) in [6.07, 6.45) is 4.50. The molecule has 1 aliphatic carbocycles. The van der Waals surface area contributed by atoms with Gasteiger partial charge in [0.25, 0.3) is 0 Å². The van der Waals surface area contributed by atoms with Gasteiger partial charge in [-0.05, 0) is 26.9 Å². The van der Waals surface area contributed by atoms with Gasteiger partial charge in [0, 0.05) is 19.1 Å². The highest BCUT2D eigenvalue weighted by atomic mass is 16.3. The number of rotatable bonds is 4. The number of hydrogen-bond donors (Lipinski definition) is 2. The van der Waals surface area contributed by atoms with Crippen LogP contribution in [-0.4, -0.2) is 49.3 Å². The molecule has 78 valence electrons. The molecule has 2 atom stereocenters. The molecule has 0 amide bonds. The molecule has 0 radical (unpaired) electrons. The average Bonchev–Trinajstić information content (AvgIpc) is 2.15. The van der Waals surface area contributed by atoms with Crippen molar-refractivity contribution in [1.29, 1.82) is 0 Å². The monoisotopic (exact) mass is 186 g/mol. The summed E-state index contributed by atoms with van der Waals surface area (Å²) in [4.78, 5) is 2.28. The Bertz CT molecular complexity index is 141. The second-order valence-corrected chi connectivity index (χ2v) is 4.00. The zero-order valence-electron chi connectivity index (χ0n) is 8.79. The van der Waals surface area contributed by atoms with Crippen LogP contribution in [0.15, 0.2) is 0 Å². The third kappa shape index (κ3) is 3.25. The van der Waals surface area contributed by atoms with Gasteiger partial charge in [0.15, 0.2) is 0 Å². The molecule has 1 aliphatic rings. The summed E-state index contributed by atoms with van der Waals surface area (Å²) in [6, 6.07) is 0.391. The standard InChI is InChI=1S/C10H22N2O/c1-11-7-8-12(2)9-5-3-4-6-10(9)13/h9-11,13H,3-8H2,1-2H3. The molecule has 3 heteroatoms. The second-order valence-electron chi connectivity index (χ2n) is 4.00. The Morgan fingerprint density at radius 3 is 2.69 bits per heavy atom. The number of nitrogens with one attached hydrogen (secondary N) is 1. The van der Waals surface area contributed by atoms with Crippen LogP contribution >= 0.6 is 0 Å². The summed E-state index contributed by atoms with van der Waals surface area (Å²) in [5.41, 5.74) is 0. The van der Waals surface area contributed by atoms with Crippen LogP contribution in [0.4, 0.5) is 0 Å². The number of aliphatic hydroxyl groups is 1. The fourth-order valence-electron chi connectivity index (χ4n) is 2.06. The van der Waals surface area contributed by atoms with Gasteiger partial charge in [-0.1, -0.05) is 12.8 Å². The van der Waals surface area contributed by atoms with E-state index in [4.69, 9.17) is 0 Å². The molecule has 1 saturated carbocycles. The Kier molecular flexibility index (Phi) is 4.70. The van der Waals surface area contributed by atoms with Crippen LogP contribution in [0, 0.1) is 0 Å². The van der Waals surface area contributed by atoms with Gasteiger partial charge < -0.3 is 10.4 Å². The van der Waals surface area contributed by atoms with Gasteiger partial charge in [-0.3, -0.25) is 4.90 Å². The first kappa shape index (κ1) is 11.0. The minimum absolute atomic E-state index is 0.101. The van der Waals surface area contributed by atoms with E-state index >= 15 is 0 Å². The number of likely N-dealkylation sites (N-methyl/N-ethyl adjacent to an activating group) is 2. The van der Waals surface area contributed by atoms with Gasteiger partial charge in [-0.2, -0.15) is 0 Å². The molecule has 2 N–H and O–H groups in total. The zero-order chi connectivity index (χ0) is 9.68. The molecule has 0 spiro atoms. The second kappa shape index (κ2) is 5.58. The van der Waals surface area contributed by atoms with Gasteiger partial charge >= 0.3 is 0 Å². The summed E-state index contributed by atoms with van der Waals surface area (Å²) in [5.74, 6) is 0. The van der Waals surface area contributed by atoms with Crippen molar-refractivity contribution in [1.82, 2.24) is 10.2 Å². The van der Waals surface area contributed by atoms with Crippen molar-refractivity contribution < 1.29 is 5.11 Å². The van der Waals surface area contributed by atoms with E-state index in [0.29, 0.717) is 6.04 Å². The molecule has 1 fully saturated rings. The molecule has 0 saturated heterocycles. The Morgan fingerprint density at radius 1 is 1.38 bits per heavy atom. The Labute approximate surface area is 81.1 Å². The van der Waals surface area contributed by atoms with Crippen molar-refractivity contribution in [2.75, 3.05) is 27.2 Å². The molecule has 0 aromatic carbocycles. The lowest BCUT2D eigenvalue weighted by molar-refractivity contribution is 0.0329. The van der Waals surface area contributed by atoms with Crippen molar-refractivity contribution in [3.05, 3.63) is 0 Å². The first-order chi connectivity index (χ1) is 6.25. The van der Waals surface area contributed by atoms with E-state index in [-0.39, 0.29) is 6.10 Å². The van der Waals surface area contributed by atoms with Crippen molar-refractivity contribution in [2.24, 2.45) is 0 Å². The molecule has 0 aromatic rings. The minimum atomic E-state index is -0.101. The summed E-state index contributed by atoms with van der Waals surface area (Å²) in [6.45, 7) is 2.03. The molecular weight excluding hydrogens is 164 g/mol. The Morgan fingerprint density at radius 2 is 2.08 bits per heavy atom. The quantitative estimate of drug-likeness (QED) is 0.669. The van der Waals surface area contributed by atoms with E-state index < -0.39 is 0 Å².